The molecular weight excluding hydrogens is 306 g/mol. The summed E-state index contributed by atoms with van der Waals surface area (Å²) in [5.74, 6) is 0.714. The quantitative estimate of drug-likeness (QED) is 0.857. The van der Waals surface area contributed by atoms with Gasteiger partial charge in [-0.3, -0.25) is 4.79 Å². The van der Waals surface area contributed by atoms with Crippen LogP contribution in [-0.4, -0.2) is 30.3 Å². The smallest absolute Gasteiger partial charge is 0.255 e. The van der Waals surface area contributed by atoms with Crippen LogP contribution >= 0.6 is 11.6 Å². The fourth-order valence-electron chi connectivity index (χ4n) is 2.07. The summed E-state index contributed by atoms with van der Waals surface area (Å²) in [6.07, 6.45) is 1.84. The summed E-state index contributed by atoms with van der Waals surface area (Å²) in [6, 6.07) is 8.32. The van der Waals surface area contributed by atoms with E-state index in [1.165, 1.54) is 13.2 Å². The van der Waals surface area contributed by atoms with Crippen molar-refractivity contribution in [3.05, 3.63) is 52.9 Å². The number of hydrogen-bond donors (Lipinski definition) is 2. The zero-order chi connectivity index (χ0) is 16.2. The first-order chi connectivity index (χ1) is 10.4. The summed E-state index contributed by atoms with van der Waals surface area (Å²) < 4.78 is 10.3. The number of ether oxygens (including phenoxy) is 1. The van der Waals surface area contributed by atoms with Crippen molar-refractivity contribution in [2.45, 2.75) is 18.9 Å². The van der Waals surface area contributed by atoms with Crippen molar-refractivity contribution in [3.63, 3.8) is 0 Å². The molecule has 0 aliphatic rings. The molecule has 118 valence electrons. The van der Waals surface area contributed by atoms with E-state index in [9.17, 15) is 9.90 Å². The number of methoxy groups -OCH3 is 1. The van der Waals surface area contributed by atoms with E-state index in [1.54, 1.807) is 37.5 Å². The number of rotatable bonds is 6. The zero-order valence-electron chi connectivity index (χ0n) is 12.4. The third-order valence-corrected chi connectivity index (χ3v) is 3.41. The molecule has 1 heterocycles. The van der Waals surface area contributed by atoms with Crippen molar-refractivity contribution in [2.24, 2.45) is 0 Å². The molecule has 1 amide bonds. The lowest BCUT2D eigenvalue weighted by Gasteiger charge is -2.22. The van der Waals surface area contributed by atoms with Gasteiger partial charge in [-0.1, -0.05) is 11.6 Å². The lowest BCUT2D eigenvalue weighted by atomic mass is 10.0. The highest BCUT2D eigenvalue weighted by molar-refractivity contribution is 6.31. The number of benzene rings is 1. The molecule has 0 saturated heterocycles. The number of nitrogens with one attached hydrogen (secondary N) is 1. The monoisotopic (exact) mass is 323 g/mol. The Morgan fingerprint density at radius 2 is 2.23 bits per heavy atom. The second-order valence-corrected chi connectivity index (χ2v) is 5.72. The van der Waals surface area contributed by atoms with Gasteiger partial charge in [-0.2, -0.15) is 0 Å². The Hall–Kier alpha value is -1.98. The van der Waals surface area contributed by atoms with Crippen LogP contribution in [0, 0.1) is 0 Å². The average molecular weight is 324 g/mol. The summed E-state index contributed by atoms with van der Waals surface area (Å²) in [5.41, 5.74) is -0.803. The predicted octanol–water partition coefficient (Wildman–Crippen LogP) is 2.67. The van der Waals surface area contributed by atoms with Gasteiger partial charge in [-0.15, -0.1) is 0 Å². The van der Waals surface area contributed by atoms with E-state index in [-0.39, 0.29) is 12.5 Å². The lowest BCUT2D eigenvalue weighted by molar-refractivity contribution is 0.0509. The molecule has 0 fully saturated rings. The van der Waals surface area contributed by atoms with Gasteiger partial charge in [-0.05, 0) is 37.3 Å². The predicted molar refractivity (Wildman–Crippen MR) is 83.4 cm³/mol. The van der Waals surface area contributed by atoms with Gasteiger partial charge in [0.05, 0.1) is 24.5 Å². The number of carbonyl (C=O) groups excluding carboxylic acids is 1. The van der Waals surface area contributed by atoms with Gasteiger partial charge >= 0.3 is 0 Å². The van der Waals surface area contributed by atoms with Gasteiger partial charge in [-0.25, -0.2) is 0 Å². The highest BCUT2D eigenvalue weighted by Crippen LogP contribution is 2.22. The Morgan fingerprint density at radius 3 is 2.86 bits per heavy atom. The topological polar surface area (TPSA) is 71.7 Å². The van der Waals surface area contributed by atoms with E-state index in [0.29, 0.717) is 28.5 Å². The summed E-state index contributed by atoms with van der Waals surface area (Å²) in [5, 5.41) is 13.5. The molecule has 1 atom stereocenters. The standard InChI is InChI=1S/C16H18ClNO4/c1-16(20,9-12-4-3-7-22-12)10-18-15(19)13-8-11(17)5-6-14(13)21-2/h3-8,20H,9-10H2,1-2H3,(H,18,19). The third-order valence-electron chi connectivity index (χ3n) is 3.17. The second-order valence-electron chi connectivity index (χ2n) is 5.28. The molecule has 6 heteroatoms. The number of hydrogen-bond acceptors (Lipinski definition) is 4. The normalized spacial score (nSPS) is 13.5. The minimum Gasteiger partial charge on any atom is -0.496 e. The molecule has 2 rings (SSSR count). The molecule has 1 unspecified atom stereocenters. The van der Waals surface area contributed by atoms with Crippen LogP contribution in [0.1, 0.15) is 23.0 Å². The Labute approximate surface area is 133 Å². The van der Waals surface area contributed by atoms with Crippen molar-refractivity contribution in [1.82, 2.24) is 5.32 Å². The fourth-order valence-corrected chi connectivity index (χ4v) is 2.25. The molecule has 0 aliphatic carbocycles. The van der Waals surface area contributed by atoms with Crippen LogP contribution in [0.2, 0.25) is 5.02 Å². The van der Waals surface area contributed by atoms with E-state index in [2.05, 4.69) is 5.32 Å². The Balaban J connectivity index is 2.01. The minimum absolute atomic E-state index is 0.0716. The van der Waals surface area contributed by atoms with Crippen LogP contribution in [-0.2, 0) is 6.42 Å². The van der Waals surface area contributed by atoms with Gasteiger partial charge < -0.3 is 19.6 Å². The molecule has 0 radical (unpaired) electrons. The van der Waals surface area contributed by atoms with Crippen molar-refractivity contribution in [3.8, 4) is 5.75 Å². The SMILES string of the molecule is COc1ccc(Cl)cc1C(=O)NCC(C)(O)Cc1ccco1. The van der Waals surface area contributed by atoms with Crippen molar-refractivity contribution in [2.75, 3.05) is 13.7 Å². The van der Waals surface area contributed by atoms with Crippen molar-refractivity contribution < 1.29 is 19.1 Å². The zero-order valence-corrected chi connectivity index (χ0v) is 13.2. The van der Waals surface area contributed by atoms with E-state index < -0.39 is 5.60 Å². The summed E-state index contributed by atoms with van der Waals surface area (Å²) in [6.45, 7) is 1.70. The van der Waals surface area contributed by atoms with Crippen LogP contribution in [0.5, 0.6) is 5.75 Å². The van der Waals surface area contributed by atoms with E-state index >= 15 is 0 Å². The molecule has 0 bridgehead atoms. The van der Waals surface area contributed by atoms with Crippen LogP contribution in [0.4, 0.5) is 0 Å². The highest BCUT2D eigenvalue weighted by Gasteiger charge is 2.24. The first kappa shape index (κ1) is 16.4. The molecule has 0 saturated carbocycles. The number of furan rings is 1. The molecule has 22 heavy (non-hydrogen) atoms. The largest absolute Gasteiger partial charge is 0.496 e. The van der Waals surface area contributed by atoms with Crippen LogP contribution in [0.3, 0.4) is 0 Å². The van der Waals surface area contributed by atoms with Crippen LogP contribution in [0.15, 0.2) is 41.0 Å². The first-order valence-corrected chi connectivity index (χ1v) is 7.15. The second kappa shape index (κ2) is 6.85. The molecule has 2 aromatic rings. The lowest BCUT2D eigenvalue weighted by Crippen LogP contribution is -2.42. The summed E-state index contributed by atoms with van der Waals surface area (Å²) in [4.78, 5) is 12.2. The Bertz CT molecular complexity index is 638. The fraction of sp³-hybridized carbons (Fsp3) is 0.312. The van der Waals surface area contributed by atoms with Gasteiger partial charge in [0, 0.05) is 18.0 Å². The number of carbonyl (C=O) groups is 1. The average Bonchev–Trinajstić information content (AvgIpc) is 2.97. The molecule has 2 N–H and O–H groups in total. The number of amides is 1. The molecular formula is C16H18ClNO4. The maximum absolute atomic E-state index is 12.2. The van der Waals surface area contributed by atoms with Crippen LogP contribution in [0.25, 0.3) is 0 Å². The van der Waals surface area contributed by atoms with Crippen LogP contribution < -0.4 is 10.1 Å². The van der Waals surface area contributed by atoms with E-state index in [1.807, 2.05) is 0 Å². The van der Waals surface area contributed by atoms with Crippen molar-refractivity contribution >= 4 is 17.5 Å². The molecule has 0 spiro atoms. The minimum atomic E-state index is -1.13. The Kier molecular flexibility index (Phi) is 5.11. The molecule has 5 nitrogen and oxygen atoms in total. The maximum Gasteiger partial charge on any atom is 0.255 e. The molecule has 0 aliphatic heterocycles. The summed E-state index contributed by atoms with van der Waals surface area (Å²) in [7, 11) is 1.48. The third kappa shape index (κ3) is 4.26. The number of halogens is 1. The summed E-state index contributed by atoms with van der Waals surface area (Å²) >= 11 is 5.91. The van der Waals surface area contributed by atoms with E-state index in [4.69, 9.17) is 20.8 Å². The van der Waals surface area contributed by atoms with Gasteiger partial charge in [0.15, 0.2) is 0 Å². The molecule has 1 aromatic carbocycles. The van der Waals surface area contributed by atoms with E-state index in [0.717, 1.165) is 0 Å². The Morgan fingerprint density at radius 1 is 1.45 bits per heavy atom. The van der Waals surface area contributed by atoms with Crippen molar-refractivity contribution in [1.29, 1.82) is 0 Å². The number of aliphatic hydroxyl groups is 1. The highest BCUT2D eigenvalue weighted by atomic mass is 35.5. The van der Waals surface area contributed by atoms with Gasteiger partial charge in [0.25, 0.3) is 5.91 Å². The molecule has 1 aromatic heterocycles. The maximum atomic E-state index is 12.2. The first-order valence-electron chi connectivity index (χ1n) is 6.78. The van der Waals surface area contributed by atoms with Gasteiger partial charge in [0.1, 0.15) is 11.5 Å². The van der Waals surface area contributed by atoms with Gasteiger partial charge in [0.2, 0.25) is 0 Å².